The molecule has 0 atom stereocenters. The van der Waals surface area contributed by atoms with E-state index in [9.17, 15) is 9.59 Å². The number of Topliss-reactive ketones (excluding diaryl/α,β-unsaturated/α-hetero) is 1. The van der Waals surface area contributed by atoms with Gasteiger partial charge in [0, 0.05) is 5.56 Å². The maximum absolute atomic E-state index is 12.3. The number of hydrogen-bond acceptors (Lipinski definition) is 3. The van der Waals surface area contributed by atoms with Crippen molar-refractivity contribution >= 4 is 11.8 Å². The molecule has 18 heavy (non-hydrogen) atoms. The average molecular weight is 248 g/mol. The molecule has 0 amide bonds. The van der Waals surface area contributed by atoms with E-state index in [-0.39, 0.29) is 12.4 Å². The third-order valence-corrected chi connectivity index (χ3v) is 2.98. The number of ketones is 1. The summed E-state index contributed by atoms with van der Waals surface area (Å²) in [6.07, 6.45) is 0.926. The zero-order chi connectivity index (χ0) is 13.8. The zero-order valence-corrected chi connectivity index (χ0v) is 11.4. The normalized spacial score (nSPS) is 11.1. The molecule has 0 fully saturated rings. The number of ether oxygens (including phenoxy) is 1. The highest BCUT2D eigenvalue weighted by Crippen LogP contribution is 2.24. The average Bonchev–Trinajstić information content (AvgIpc) is 2.38. The van der Waals surface area contributed by atoms with Crippen LogP contribution in [0.5, 0.6) is 0 Å². The van der Waals surface area contributed by atoms with E-state index >= 15 is 0 Å². The molecular formula is C15H20O3. The molecule has 1 rings (SSSR count). The van der Waals surface area contributed by atoms with Gasteiger partial charge in [0.1, 0.15) is 5.41 Å². The molecule has 3 nitrogen and oxygen atoms in total. The van der Waals surface area contributed by atoms with Crippen LogP contribution in [0, 0.1) is 5.41 Å². The van der Waals surface area contributed by atoms with Gasteiger partial charge in [-0.15, -0.1) is 0 Å². The maximum Gasteiger partial charge on any atom is 0.319 e. The Morgan fingerprint density at radius 3 is 2.11 bits per heavy atom. The van der Waals surface area contributed by atoms with Crippen LogP contribution in [0.3, 0.4) is 0 Å². The first-order valence-electron chi connectivity index (χ1n) is 6.24. The highest BCUT2D eigenvalue weighted by atomic mass is 16.5. The number of carbonyl (C=O) groups is 2. The van der Waals surface area contributed by atoms with Gasteiger partial charge >= 0.3 is 5.97 Å². The first kappa shape index (κ1) is 14.4. The summed E-state index contributed by atoms with van der Waals surface area (Å²) in [4.78, 5) is 24.0. The number of esters is 1. The number of carbonyl (C=O) groups excluding carboxylic acids is 2. The van der Waals surface area contributed by atoms with E-state index in [0.717, 1.165) is 6.42 Å². The maximum atomic E-state index is 12.3. The van der Waals surface area contributed by atoms with Crippen LogP contribution in [-0.2, 0) is 16.0 Å². The van der Waals surface area contributed by atoms with Gasteiger partial charge in [0.2, 0.25) is 0 Å². The topological polar surface area (TPSA) is 43.4 Å². The van der Waals surface area contributed by atoms with Gasteiger partial charge in [0.25, 0.3) is 0 Å². The molecule has 0 spiro atoms. The van der Waals surface area contributed by atoms with Crippen molar-refractivity contribution in [1.29, 1.82) is 0 Å². The van der Waals surface area contributed by atoms with Crippen molar-refractivity contribution < 1.29 is 14.3 Å². The Kier molecular flexibility index (Phi) is 4.65. The van der Waals surface area contributed by atoms with Crippen LogP contribution in [-0.4, -0.2) is 18.4 Å². The summed E-state index contributed by atoms with van der Waals surface area (Å²) < 4.78 is 4.93. The van der Waals surface area contributed by atoms with Gasteiger partial charge < -0.3 is 4.74 Å². The lowest BCUT2D eigenvalue weighted by Crippen LogP contribution is -2.35. The zero-order valence-electron chi connectivity index (χ0n) is 11.4. The summed E-state index contributed by atoms with van der Waals surface area (Å²) >= 11 is 0. The molecule has 0 aliphatic heterocycles. The Morgan fingerprint density at radius 1 is 1.11 bits per heavy atom. The van der Waals surface area contributed by atoms with Gasteiger partial charge in [-0.25, -0.2) is 0 Å². The molecule has 0 heterocycles. The van der Waals surface area contributed by atoms with E-state index in [4.69, 9.17) is 4.74 Å². The van der Waals surface area contributed by atoms with Crippen molar-refractivity contribution in [1.82, 2.24) is 0 Å². The summed E-state index contributed by atoms with van der Waals surface area (Å²) in [5, 5.41) is 0. The number of benzene rings is 1. The second-order valence-electron chi connectivity index (χ2n) is 4.73. The standard InChI is InChI=1S/C15H20O3/c1-5-11-7-9-12(10-8-11)13(16)15(3,4)14(17)18-6-2/h7-10H,5-6H2,1-4H3. The highest BCUT2D eigenvalue weighted by molar-refractivity contribution is 6.11. The minimum atomic E-state index is -1.14. The smallest absolute Gasteiger partial charge is 0.319 e. The third-order valence-electron chi connectivity index (χ3n) is 2.98. The van der Waals surface area contributed by atoms with E-state index in [1.165, 1.54) is 5.56 Å². The van der Waals surface area contributed by atoms with Crippen molar-refractivity contribution in [3.63, 3.8) is 0 Å². The Hall–Kier alpha value is -1.64. The van der Waals surface area contributed by atoms with Crippen LogP contribution < -0.4 is 0 Å². The van der Waals surface area contributed by atoms with E-state index in [1.54, 1.807) is 32.9 Å². The van der Waals surface area contributed by atoms with Gasteiger partial charge in [0.15, 0.2) is 5.78 Å². The molecule has 1 aromatic carbocycles. The molecule has 0 N–H and O–H groups in total. The molecule has 98 valence electrons. The minimum Gasteiger partial charge on any atom is -0.465 e. The van der Waals surface area contributed by atoms with E-state index in [1.807, 2.05) is 12.1 Å². The van der Waals surface area contributed by atoms with Crippen molar-refractivity contribution in [3.8, 4) is 0 Å². The van der Waals surface area contributed by atoms with Crippen LogP contribution in [0.4, 0.5) is 0 Å². The van der Waals surface area contributed by atoms with Gasteiger partial charge in [0.05, 0.1) is 6.61 Å². The van der Waals surface area contributed by atoms with Crippen molar-refractivity contribution in [2.45, 2.75) is 34.1 Å². The Labute approximate surface area is 108 Å². The summed E-state index contributed by atoms with van der Waals surface area (Å²) in [6, 6.07) is 7.35. The lowest BCUT2D eigenvalue weighted by Gasteiger charge is -2.20. The van der Waals surface area contributed by atoms with Crippen LogP contribution in [0.1, 0.15) is 43.6 Å². The van der Waals surface area contributed by atoms with Crippen LogP contribution in [0.2, 0.25) is 0 Å². The summed E-state index contributed by atoms with van der Waals surface area (Å²) in [5.41, 5.74) is 0.578. The largest absolute Gasteiger partial charge is 0.465 e. The van der Waals surface area contributed by atoms with Crippen LogP contribution in [0.25, 0.3) is 0 Å². The molecule has 0 aromatic heterocycles. The van der Waals surface area contributed by atoms with Gasteiger partial charge in [-0.1, -0.05) is 31.2 Å². The molecule has 1 aromatic rings. The van der Waals surface area contributed by atoms with E-state index < -0.39 is 11.4 Å². The second kappa shape index (κ2) is 5.80. The summed E-state index contributed by atoms with van der Waals surface area (Å²) in [6.45, 7) is 7.26. The van der Waals surface area contributed by atoms with Crippen molar-refractivity contribution in [2.75, 3.05) is 6.61 Å². The molecule has 0 aliphatic carbocycles. The lowest BCUT2D eigenvalue weighted by molar-refractivity contribution is -0.150. The van der Waals surface area contributed by atoms with Gasteiger partial charge in [-0.2, -0.15) is 0 Å². The molecule has 0 unspecified atom stereocenters. The number of rotatable bonds is 5. The summed E-state index contributed by atoms with van der Waals surface area (Å²) in [7, 11) is 0. The Morgan fingerprint density at radius 2 is 1.67 bits per heavy atom. The monoisotopic (exact) mass is 248 g/mol. The fourth-order valence-electron chi connectivity index (χ4n) is 1.66. The lowest BCUT2D eigenvalue weighted by atomic mass is 9.84. The minimum absolute atomic E-state index is 0.205. The predicted molar refractivity (Wildman–Crippen MR) is 70.6 cm³/mol. The number of aryl methyl sites for hydroxylation is 1. The second-order valence-corrected chi connectivity index (χ2v) is 4.73. The Bertz CT molecular complexity index is 430. The number of hydrogen-bond donors (Lipinski definition) is 0. The van der Waals surface area contributed by atoms with Crippen molar-refractivity contribution in [2.24, 2.45) is 5.41 Å². The molecule has 3 heteroatoms. The fraction of sp³-hybridized carbons (Fsp3) is 0.467. The molecular weight excluding hydrogens is 228 g/mol. The quantitative estimate of drug-likeness (QED) is 0.457. The Balaban J connectivity index is 2.94. The molecule has 0 bridgehead atoms. The molecule has 0 radical (unpaired) electrons. The highest BCUT2D eigenvalue weighted by Gasteiger charge is 2.37. The van der Waals surface area contributed by atoms with Gasteiger partial charge in [-0.3, -0.25) is 9.59 Å². The summed E-state index contributed by atoms with van der Waals surface area (Å²) in [5.74, 6) is -0.682. The van der Waals surface area contributed by atoms with Crippen LogP contribution >= 0.6 is 0 Å². The molecule has 0 saturated carbocycles. The van der Waals surface area contributed by atoms with Gasteiger partial charge in [-0.05, 0) is 32.8 Å². The third kappa shape index (κ3) is 2.97. The SMILES string of the molecule is CCOC(=O)C(C)(C)C(=O)c1ccc(CC)cc1. The first-order valence-corrected chi connectivity index (χ1v) is 6.24. The molecule has 0 saturated heterocycles. The van der Waals surface area contributed by atoms with E-state index in [0.29, 0.717) is 5.56 Å². The van der Waals surface area contributed by atoms with Crippen LogP contribution in [0.15, 0.2) is 24.3 Å². The first-order chi connectivity index (χ1) is 8.43. The van der Waals surface area contributed by atoms with E-state index in [2.05, 4.69) is 6.92 Å². The fourth-order valence-corrected chi connectivity index (χ4v) is 1.66. The molecule has 0 aliphatic rings. The van der Waals surface area contributed by atoms with Crippen molar-refractivity contribution in [3.05, 3.63) is 35.4 Å². The predicted octanol–water partition coefficient (Wildman–Crippen LogP) is 3.02.